The SMILES string of the molecule is Cc1cc(Cc2ccc(F)cc2)c(=O)n2nc(C#Cc3ccccc3)oc12. The quantitative estimate of drug-likeness (QED) is 0.513. The van der Waals surface area contributed by atoms with E-state index in [9.17, 15) is 9.18 Å². The van der Waals surface area contributed by atoms with E-state index in [1.165, 1.54) is 16.6 Å². The minimum atomic E-state index is -0.305. The first-order chi connectivity index (χ1) is 13.1. The number of pyridine rings is 1. The Hall–Kier alpha value is -3.65. The number of benzene rings is 2. The van der Waals surface area contributed by atoms with Gasteiger partial charge in [0.15, 0.2) is 0 Å². The van der Waals surface area contributed by atoms with Crippen molar-refractivity contribution in [2.75, 3.05) is 0 Å². The average molecular weight is 358 g/mol. The van der Waals surface area contributed by atoms with Crippen LogP contribution in [0.2, 0.25) is 0 Å². The minimum Gasteiger partial charge on any atom is -0.412 e. The summed E-state index contributed by atoms with van der Waals surface area (Å²) >= 11 is 0. The number of hydrogen-bond acceptors (Lipinski definition) is 3. The molecular weight excluding hydrogens is 343 g/mol. The van der Waals surface area contributed by atoms with Gasteiger partial charge in [-0.15, -0.1) is 5.10 Å². The normalized spacial score (nSPS) is 10.6. The van der Waals surface area contributed by atoms with E-state index in [1.54, 1.807) is 18.2 Å². The molecule has 0 atom stereocenters. The maximum absolute atomic E-state index is 13.1. The van der Waals surface area contributed by atoms with Gasteiger partial charge in [-0.2, -0.15) is 4.52 Å². The van der Waals surface area contributed by atoms with Crippen molar-refractivity contribution in [3.8, 4) is 11.8 Å². The lowest BCUT2D eigenvalue weighted by molar-refractivity contribution is 0.582. The van der Waals surface area contributed by atoms with Crippen LogP contribution in [0.5, 0.6) is 0 Å². The second-order valence-electron chi connectivity index (χ2n) is 6.20. The predicted molar refractivity (Wildman–Crippen MR) is 100 cm³/mol. The first kappa shape index (κ1) is 16.8. The van der Waals surface area contributed by atoms with Crippen molar-refractivity contribution in [2.24, 2.45) is 0 Å². The topological polar surface area (TPSA) is 47.5 Å². The first-order valence-electron chi connectivity index (χ1n) is 8.44. The predicted octanol–water partition coefficient (Wildman–Crippen LogP) is 3.73. The molecule has 0 saturated heterocycles. The van der Waals surface area contributed by atoms with Crippen LogP contribution >= 0.6 is 0 Å². The summed E-state index contributed by atoms with van der Waals surface area (Å²) < 4.78 is 20.0. The summed E-state index contributed by atoms with van der Waals surface area (Å²) in [5.74, 6) is 5.69. The van der Waals surface area contributed by atoms with Gasteiger partial charge in [0.2, 0.25) is 5.71 Å². The second kappa shape index (κ2) is 6.93. The van der Waals surface area contributed by atoms with E-state index < -0.39 is 0 Å². The number of hydrogen-bond donors (Lipinski definition) is 0. The van der Waals surface area contributed by atoms with Crippen LogP contribution < -0.4 is 5.56 Å². The first-order valence-corrected chi connectivity index (χ1v) is 8.44. The Morgan fingerprint density at radius 2 is 1.81 bits per heavy atom. The number of halogens is 1. The Morgan fingerprint density at radius 1 is 1.07 bits per heavy atom. The van der Waals surface area contributed by atoms with Gasteiger partial charge in [-0.3, -0.25) is 4.79 Å². The molecule has 27 heavy (non-hydrogen) atoms. The van der Waals surface area contributed by atoms with E-state index >= 15 is 0 Å². The lowest BCUT2D eigenvalue weighted by Gasteiger charge is -2.03. The molecule has 2 heterocycles. The maximum Gasteiger partial charge on any atom is 0.293 e. The molecule has 0 aliphatic carbocycles. The van der Waals surface area contributed by atoms with E-state index in [4.69, 9.17) is 4.42 Å². The fourth-order valence-corrected chi connectivity index (χ4v) is 2.84. The molecule has 0 spiro atoms. The van der Waals surface area contributed by atoms with Crippen LogP contribution in [0.15, 0.2) is 69.9 Å². The van der Waals surface area contributed by atoms with Crippen molar-refractivity contribution in [2.45, 2.75) is 13.3 Å². The largest absolute Gasteiger partial charge is 0.412 e. The van der Waals surface area contributed by atoms with Crippen molar-refractivity contribution in [3.05, 3.63) is 105 Å². The zero-order valence-electron chi connectivity index (χ0n) is 14.6. The lowest BCUT2D eigenvalue weighted by Crippen LogP contribution is -2.19. The molecule has 132 valence electrons. The summed E-state index contributed by atoms with van der Waals surface area (Å²) in [6.45, 7) is 1.85. The molecule has 0 radical (unpaired) electrons. The molecule has 5 heteroatoms. The van der Waals surface area contributed by atoms with Crippen LogP contribution in [0.25, 0.3) is 5.71 Å². The highest BCUT2D eigenvalue weighted by atomic mass is 19.1. The standard InChI is InChI=1S/C22H15FN2O2/c1-15-13-18(14-17-7-10-19(23)11-8-17)21(26)25-22(15)27-20(24-25)12-9-16-5-3-2-4-6-16/h2-8,10-11,13H,14H2,1H3. The van der Waals surface area contributed by atoms with E-state index in [1.807, 2.05) is 37.3 Å². The van der Waals surface area contributed by atoms with Crippen molar-refractivity contribution in [3.63, 3.8) is 0 Å². The summed E-state index contributed by atoms with van der Waals surface area (Å²) in [5, 5.41) is 4.21. The molecule has 0 fully saturated rings. The molecule has 2 aromatic carbocycles. The van der Waals surface area contributed by atoms with Crippen LogP contribution in [0.4, 0.5) is 4.39 Å². The van der Waals surface area contributed by atoms with Gasteiger partial charge in [0.05, 0.1) is 0 Å². The molecule has 4 nitrogen and oxygen atoms in total. The zero-order chi connectivity index (χ0) is 18.8. The lowest BCUT2D eigenvalue weighted by atomic mass is 10.1. The Bertz CT molecular complexity index is 1230. The van der Waals surface area contributed by atoms with Gasteiger partial charge < -0.3 is 4.42 Å². The molecule has 0 aliphatic heterocycles. The van der Waals surface area contributed by atoms with Crippen LogP contribution in [0.3, 0.4) is 0 Å². The Morgan fingerprint density at radius 3 is 2.56 bits per heavy atom. The van der Waals surface area contributed by atoms with Crippen LogP contribution in [0, 0.1) is 24.6 Å². The third-order valence-electron chi connectivity index (χ3n) is 4.17. The van der Waals surface area contributed by atoms with Gasteiger partial charge >= 0.3 is 0 Å². The average Bonchev–Trinajstić information content (AvgIpc) is 3.12. The minimum absolute atomic E-state index is 0.179. The highest BCUT2D eigenvalue weighted by Gasteiger charge is 2.13. The maximum atomic E-state index is 13.1. The highest BCUT2D eigenvalue weighted by molar-refractivity contribution is 5.47. The van der Waals surface area contributed by atoms with Crippen molar-refractivity contribution < 1.29 is 8.81 Å². The summed E-state index contributed by atoms with van der Waals surface area (Å²) in [4.78, 5) is 12.8. The Kier molecular flexibility index (Phi) is 4.31. The number of fused-ring (bicyclic) bond motifs is 1. The highest BCUT2D eigenvalue weighted by Crippen LogP contribution is 2.14. The summed E-state index contributed by atoms with van der Waals surface area (Å²) in [5.41, 5.74) is 3.14. The molecule has 0 N–H and O–H groups in total. The van der Waals surface area contributed by atoms with Crippen molar-refractivity contribution in [1.82, 2.24) is 9.61 Å². The smallest absolute Gasteiger partial charge is 0.293 e. The van der Waals surface area contributed by atoms with E-state index in [0.717, 1.165) is 16.7 Å². The zero-order valence-corrected chi connectivity index (χ0v) is 14.6. The van der Waals surface area contributed by atoms with Crippen LogP contribution in [0.1, 0.15) is 28.1 Å². The van der Waals surface area contributed by atoms with E-state index in [-0.39, 0.29) is 17.3 Å². The number of nitrogens with zero attached hydrogens (tertiary/aromatic N) is 2. The van der Waals surface area contributed by atoms with Gasteiger partial charge in [-0.05, 0) is 48.7 Å². The third-order valence-corrected chi connectivity index (χ3v) is 4.17. The van der Waals surface area contributed by atoms with Gasteiger partial charge in [0.1, 0.15) is 5.82 Å². The van der Waals surface area contributed by atoms with Gasteiger partial charge in [-0.25, -0.2) is 4.39 Å². The molecule has 4 aromatic rings. The van der Waals surface area contributed by atoms with Crippen molar-refractivity contribution >= 4 is 5.71 Å². The fraction of sp³-hybridized carbons (Fsp3) is 0.0909. The summed E-state index contributed by atoms with van der Waals surface area (Å²) in [7, 11) is 0. The Labute approximate surface area is 154 Å². The van der Waals surface area contributed by atoms with Crippen LogP contribution in [-0.4, -0.2) is 9.61 Å². The summed E-state index contributed by atoms with van der Waals surface area (Å²) in [6, 6.07) is 17.3. The van der Waals surface area contributed by atoms with Crippen molar-refractivity contribution in [1.29, 1.82) is 0 Å². The van der Waals surface area contributed by atoms with Gasteiger partial charge in [0, 0.05) is 23.1 Å². The fourth-order valence-electron chi connectivity index (χ4n) is 2.84. The molecular formula is C22H15FN2O2. The number of rotatable bonds is 2. The van der Waals surface area contributed by atoms with Crippen LogP contribution in [-0.2, 0) is 6.42 Å². The number of aryl methyl sites for hydroxylation is 1. The molecule has 0 amide bonds. The molecule has 4 rings (SSSR count). The summed E-state index contributed by atoms with van der Waals surface area (Å²) in [6.07, 6.45) is 0.390. The molecule has 0 unspecified atom stereocenters. The molecule has 0 bridgehead atoms. The second-order valence-corrected chi connectivity index (χ2v) is 6.20. The molecule has 0 saturated carbocycles. The Balaban J connectivity index is 1.72. The van der Waals surface area contributed by atoms with E-state index in [0.29, 0.717) is 17.7 Å². The van der Waals surface area contributed by atoms with Gasteiger partial charge in [0.25, 0.3) is 11.4 Å². The third kappa shape index (κ3) is 3.51. The molecule has 0 aliphatic rings. The molecule has 2 aromatic heterocycles. The number of aromatic nitrogens is 2. The van der Waals surface area contributed by atoms with E-state index in [2.05, 4.69) is 16.9 Å². The monoisotopic (exact) mass is 358 g/mol. The van der Waals surface area contributed by atoms with Gasteiger partial charge in [-0.1, -0.05) is 36.3 Å².